The van der Waals surface area contributed by atoms with Gasteiger partial charge in [0.15, 0.2) is 11.5 Å². The molecule has 0 fully saturated rings. The summed E-state index contributed by atoms with van der Waals surface area (Å²) >= 11 is 3.33. The predicted molar refractivity (Wildman–Crippen MR) is 57.7 cm³/mol. The van der Waals surface area contributed by atoms with Crippen LogP contribution in [-0.4, -0.2) is 17.2 Å². The molecule has 0 unspecified atom stereocenters. The summed E-state index contributed by atoms with van der Waals surface area (Å²) in [6, 6.07) is 5.26. The number of halogens is 1. The van der Waals surface area contributed by atoms with Crippen LogP contribution in [0, 0.1) is 0 Å². The fourth-order valence-electron chi connectivity index (χ4n) is 1.28. The molecule has 1 heterocycles. The maximum Gasteiger partial charge on any atom is 0.161 e. The van der Waals surface area contributed by atoms with E-state index in [1.807, 2.05) is 6.07 Å². The van der Waals surface area contributed by atoms with Gasteiger partial charge in [0.2, 0.25) is 0 Å². The third-order valence-corrected chi connectivity index (χ3v) is 2.38. The number of ether oxygens (including phenoxy) is 1. The van der Waals surface area contributed by atoms with Crippen molar-refractivity contribution in [2.24, 2.45) is 0 Å². The van der Waals surface area contributed by atoms with Gasteiger partial charge in [-0.1, -0.05) is 0 Å². The average molecular weight is 254 g/mol. The lowest BCUT2D eigenvalue weighted by atomic mass is 10.2. The summed E-state index contributed by atoms with van der Waals surface area (Å²) in [4.78, 5) is 4.15. The molecule has 4 heteroatoms. The van der Waals surface area contributed by atoms with Crippen LogP contribution in [0.15, 0.2) is 28.9 Å². The smallest absolute Gasteiger partial charge is 0.161 e. The number of phenols is 1. The van der Waals surface area contributed by atoms with Gasteiger partial charge in [-0.25, -0.2) is 0 Å². The highest BCUT2D eigenvalue weighted by Gasteiger charge is 2.04. The van der Waals surface area contributed by atoms with Gasteiger partial charge in [0.1, 0.15) is 0 Å². The number of nitrogens with zero attached hydrogens (tertiary/aromatic N) is 1. The van der Waals surface area contributed by atoms with Gasteiger partial charge in [-0.2, -0.15) is 0 Å². The highest BCUT2D eigenvalue weighted by atomic mass is 79.9. The van der Waals surface area contributed by atoms with Gasteiger partial charge in [-0.15, -0.1) is 0 Å². The van der Waals surface area contributed by atoms with Crippen LogP contribution in [0.3, 0.4) is 0 Å². The minimum absolute atomic E-state index is 0.106. The second-order valence-electron chi connectivity index (χ2n) is 2.87. The number of fused-ring (bicyclic) bond motifs is 1. The lowest BCUT2D eigenvalue weighted by Crippen LogP contribution is -1.85. The van der Waals surface area contributed by atoms with E-state index in [2.05, 4.69) is 20.9 Å². The van der Waals surface area contributed by atoms with Crippen molar-refractivity contribution in [1.29, 1.82) is 0 Å². The summed E-state index contributed by atoms with van der Waals surface area (Å²) in [5.41, 5.74) is 0.742. The number of pyridine rings is 1. The van der Waals surface area contributed by atoms with Gasteiger partial charge in [0.05, 0.1) is 12.6 Å². The first kappa shape index (κ1) is 9.27. The molecule has 0 amide bonds. The largest absolute Gasteiger partial charge is 0.504 e. The van der Waals surface area contributed by atoms with Crippen LogP contribution < -0.4 is 4.74 Å². The van der Waals surface area contributed by atoms with Gasteiger partial charge in [-0.3, -0.25) is 4.98 Å². The Labute approximate surface area is 89.5 Å². The van der Waals surface area contributed by atoms with Crippen molar-refractivity contribution in [3.63, 3.8) is 0 Å². The SMILES string of the molecule is COc1cc2cc(Br)cnc2cc1O. The highest BCUT2D eigenvalue weighted by Crippen LogP contribution is 2.30. The summed E-state index contributed by atoms with van der Waals surface area (Å²) in [5, 5.41) is 10.4. The number of rotatable bonds is 1. The van der Waals surface area contributed by atoms with Gasteiger partial charge >= 0.3 is 0 Å². The van der Waals surface area contributed by atoms with Crippen molar-refractivity contribution < 1.29 is 9.84 Å². The van der Waals surface area contributed by atoms with E-state index >= 15 is 0 Å². The number of hydrogen-bond acceptors (Lipinski definition) is 3. The Morgan fingerprint density at radius 2 is 2.14 bits per heavy atom. The molecule has 0 aliphatic heterocycles. The molecule has 1 aromatic heterocycles. The molecule has 3 nitrogen and oxygen atoms in total. The Bertz CT molecular complexity index is 485. The van der Waals surface area contributed by atoms with E-state index in [0.717, 1.165) is 15.4 Å². The summed E-state index contributed by atoms with van der Waals surface area (Å²) in [6.07, 6.45) is 1.69. The van der Waals surface area contributed by atoms with Gasteiger partial charge in [-0.05, 0) is 28.1 Å². The minimum Gasteiger partial charge on any atom is -0.504 e. The van der Waals surface area contributed by atoms with Crippen LogP contribution in [0.1, 0.15) is 0 Å². The van der Waals surface area contributed by atoms with E-state index in [1.165, 1.54) is 7.11 Å². The number of aromatic hydroxyl groups is 1. The fourth-order valence-corrected chi connectivity index (χ4v) is 1.63. The molecule has 2 aromatic rings. The minimum atomic E-state index is 0.106. The normalized spacial score (nSPS) is 10.4. The molecule has 0 radical (unpaired) electrons. The van der Waals surface area contributed by atoms with Gasteiger partial charge in [0, 0.05) is 22.1 Å². The molecule has 0 aliphatic carbocycles. The molecular weight excluding hydrogens is 246 g/mol. The third kappa shape index (κ3) is 1.53. The van der Waals surface area contributed by atoms with Crippen LogP contribution in [0.25, 0.3) is 10.9 Å². The van der Waals surface area contributed by atoms with Crippen molar-refractivity contribution in [3.8, 4) is 11.5 Å². The number of phenolic OH excluding ortho intramolecular Hbond substituents is 1. The zero-order chi connectivity index (χ0) is 10.1. The van der Waals surface area contributed by atoms with Crippen molar-refractivity contribution in [2.75, 3.05) is 7.11 Å². The Hall–Kier alpha value is -1.29. The molecule has 0 bridgehead atoms. The van der Waals surface area contributed by atoms with Crippen molar-refractivity contribution >= 4 is 26.8 Å². The lowest BCUT2D eigenvalue weighted by Gasteiger charge is -2.04. The molecule has 72 valence electrons. The first-order valence-electron chi connectivity index (χ1n) is 4.03. The molecule has 0 atom stereocenters. The van der Waals surface area contributed by atoms with Crippen LogP contribution in [-0.2, 0) is 0 Å². The predicted octanol–water partition coefficient (Wildman–Crippen LogP) is 2.71. The lowest BCUT2D eigenvalue weighted by molar-refractivity contribution is 0.374. The molecule has 0 saturated heterocycles. The van der Waals surface area contributed by atoms with Crippen LogP contribution in [0.5, 0.6) is 11.5 Å². The first-order chi connectivity index (χ1) is 6.70. The van der Waals surface area contributed by atoms with E-state index in [9.17, 15) is 5.11 Å². The van der Waals surface area contributed by atoms with Gasteiger partial charge in [0.25, 0.3) is 0 Å². The fraction of sp³-hybridized carbons (Fsp3) is 0.100. The summed E-state index contributed by atoms with van der Waals surface area (Å²) in [6.45, 7) is 0. The molecule has 0 aliphatic rings. The van der Waals surface area contributed by atoms with Crippen molar-refractivity contribution in [1.82, 2.24) is 4.98 Å². The maximum absolute atomic E-state index is 9.50. The first-order valence-corrected chi connectivity index (χ1v) is 4.82. The Morgan fingerprint density at radius 3 is 2.86 bits per heavy atom. The van der Waals surface area contributed by atoms with Crippen LogP contribution in [0.2, 0.25) is 0 Å². The van der Waals surface area contributed by atoms with E-state index in [4.69, 9.17) is 4.74 Å². The summed E-state index contributed by atoms with van der Waals surface area (Å²) in [5.74, 6) is 0.562. The van der Waals surface area contributed by atoms with E-state index in [1.54, 1.807) is 18.3 Å². The molecule has 14 heavy (non-hydrogen) atoms. The van der Waals surface area contributed by atoms with Crippen LogP contribution >= 0.6 is 15.9 Å². The highest BCUT2D eigenvalue weighted by molar-refractivity contribution is 9.10. The molecule has 2 rings (SSSR count). The van der Waals surface area contributed by atoms with Gasteiger partial charge < -0.3 is 9.84 Å². The second kappa shape index (κ2) is 3.46. The molecule has 0 saturated carbocycles. The van der Waals surface area contributed by atoms with Crippen molar-refractivity contribution in [3.05, 3.63) is 28.9 Å². The standard InChI is InChI=1S/C10H8BrNO2/c1-14-10-3-6-2-7(11)5-12-8(6)4-9(10)13/h2-5,13H,1H3. The average Bonchev–Trinajstić information content (AvgIpc) is 2.17. The van der Waals surface area contributed by atoms with E-state index < -0.39 is 0 Å². The summed E-state index contributed by atoms with van der Waals surface area (Å²) < 4.78 is 5.90. The number of aromatic nitrogens is 1. The van der Waals surface area contributed by atoms with E-state index in [-0.39, 0.29) is 5.75 Å². The monoisotopic (exact) mass is 253 g/mol. The number of methoxy groups -OCH3 is 1. The molecule has 1 N–H and O–H groups in total. The van der Waals surface area contributed by atoms with E-state index in [0.29, 0.717) is 5.75 Å². The Morgan fingerprint density at radius 1 is 1.36 bits per heavy atom. The zero-order valence-electron chi connectivity index (χ0n) is 7.49. The number of benzene rings is 1. The Kier molecular flexibility index (Phi) is 2.29. The molecule has 0 spiro atoms. The topological polar surface area (TPSA) is 42.4 Å². The third-order valence-electron chi connectivity index (χ3n) is 1.95. The maximum atomic E-state index is 9.50. The van der Waals surface area contributed by atoms with Crippen LogP contribution in [0.4, 0.5) is 0 Å². The molecule has 1 aromatic carbocycles. The molecular formula is C10H8BrNO2. The Balaban J connectivity index is 2.73. The quantitative estimate of drug-likeness (QED) is 0.850. The number of hydrogen-bond donors (Lipinski definition) is 1. The summed E-state index contributed by atoms with van der Waals surface area (Å²) in [7, 11) is 1.52. The van der Waals surface area contributed by atoms with Crippen molar-refractivity contribution in [2.45, 2.75) is 0 Å². The second-order valence-corrected chi connectivity index (χ2v) is 3.79. The zero-order valence-corrected chi connectivity index (χ0v) is 9.08.